The van der Waals surface area contributed by atoms with Crippen molar-refractivity contribution in [3.8, 4) is 0 Å². The zero-order chi connectivity index (χ0) is 18.8. The van der Waals surface area contributed by atoms with E-state index in [0.29, 0.717) is 27.0 Å². The van der Waals surface area contributed by atoms with Gasteiger partial charge in [0.1, 0.15) is 0 Å². The second kappa shape index (κ2) is 7.40. The van der Waals surface area contributed by atoms with Crippen molar-refractivity contribution in [1.82, 2.24) is 10.2 Å². The summed E-state index contributed by atoms with van der Waals surface area (Å²) in [7, 11) is 1.62. The van der Waals surface area contributed by atoms with Crippen LogP contribution < -0.4 is 10.6 Å². The summed E-state index contributed by atoms with van der Waals surface area (Å²) in [6.07, 6.45) is 0. The fraction of sp³-hybridized carbons (Fsp3) is 0.158. The number of allylic oxidation sites excluding steroid dienone is 1. The lowest BCUT2D eigenvalue weighted by atomic mass is 9.94. The van der Waals surface area contributed by atoms with Gasteiger partial charge in [0.2, 0.25) is 0 Å². The second-order valence-corrected chi connectivity index (χ2v) is 6.83. The molecule has 2 aromatic carbocycles. The first-order valence-electron chi connectivity index (χ1n) is 7.94. The Morgan fingerprint density at radius 1 is 1.04 bits per heavy atom. The zero-order valence-corrected chi connectivity index (χ0v) is 15.7. The van der Waals surface area contributed by atoms with E-state index in [1.54, 1.807) is 62.5 Å². The summed E-state index contributed by atoms with van der Waals surface area (Å²) >= 11 is 11.8. The molecule has 1 atom stereocenters. The lowest BCUT2D eigenvalue weighted by molar-refractivity contribution is -0.113. The van der Waals surface area contributed by atoms with E-state index in [1.165, 1.54) is 4.90 Å². The van der Waals surface area contributed by atoms with Gasteiger partial charge >= 0.3 is 6.03 Å². The van der Waals surface area contributed by atoms with Crippen molar-refractivity contribution in [2.75, 3.05) is 12.4 Å². The lowest BCUT2D eigenvalue weighted by Crippen LogP contribution is -2.46. The maximum atomic E-state index is 13.0. The number of benzene rings is 2. The number of nitrogens with zero attached hydrogens (tertiary/aromatic N) is 1. The Hall–Kier alpha value is -2.50. The van der Waals surface area contributed by atoms with E-state index >= 15 is 0 Å². The molecule has 3 amide bonds. The monoisotopic (exact) mass is 389 g/mol. The highest BCUT2D eigenvalue weighted by molar-refractivity contribution is 6.30. The number of hydrogen-bond donors (Lipinski definition) is 2. The molecule has 0 aliphatic carbocycles. The fourth-order valence-electron chi connectivity index (χ4n) is 2.77. The number of hydrogen-bond acceptors (Lipinski definition) is 2. The van der Waals surface area contributed by atoms with Crippen LogP contribution in [0.1, 0.15) is 18.5 Å². The van der Waals surface area contributed by atoms with Gasteiger partial charge in [-0.1, -0.05) is 35.3 Å². The third kappa shape index (κ3) is 3.69. The Labute approximate surface area is 161 Å². The van der Waals surface area contributed by atoms with E-state index in [-0.39, 0.29) is 11.9 Å². The van der Waals surface area contributed by atoms with Crippen molar-refractivity contribution in [2.24, 2.45) is 0 Å². The summed E-state index contributed by atoms with van der Waals surface area (Å²) in [5.74, 6) is -0.295. The van der Waals surface area contributed by atoms with Crippen molar-refractivity contribution in [2.45, 2.75) is 13.0 Å². The molecule has 134 valence electrons. The summed E-state index contributed by atoms with van der Waals surface area (Å²) in [5, 5.41) is 6.89. The summed E-state index contributed by atoms with van der Waals surface area (Å²) in [4.78, 5) is 26.6. The predicted octanol–water partition coefficient (Wildman–Crippen LogP) is 4.60. The SMILES string of the molecule is CC1=C(C(=O)Nc2ccc(Cl)cc2)C(c2ccc(Cl)cc2)NC(=O)N1C. The maximum absolute atomic E-state index is 13.0. The van der Waals surface area contributed by atoms with E-state index in [9.17, 15) is 9.59 Å². The molecule has 0 fully saturated rings. The average molecular weight is 390 g/mol. The standard InChI is InChI=1S/C19H17Cl2N3O2/c1-11-16(18(25)22-15-9-7-14(21)8-10-15)17(23-19(26)24(11)2)12-3-5-13(20)6-4-12/h3-10,17H,1-2H3,(H,22,25)(H,23,26). The zero-order valence-electron chi connectivity index (χ0n) is 14.2. The van der Waals surface area contributed by atoms with Crippen molar-refractivity contribution >= 4 is 40.8 Å². The molecule has 0 aromatic heterocycles. The molecule has 0 saturated carbocycles. The van der Waals surface area contributed by atoms with Gasteiger partial charge in [-0.05, 0) is 48.9 Å². The van der Waals surface area contributed by atoms with Gasteiger partial charge in [-0.25, -0.2) is 4.79 Å². The van der Waals surface area contributed by atoms with Crippen LogP contribution in [0.15, 0.2) is 59.8 Å². The highest BCUT2D eigenvalue weighted by atomic mass is 35.5. The highest BCUT2D eigenvalue weighted by Crippen LogP contribution is 2.31. The number of nitrogens with one attached hydrogen (secondary N) is 2. The molecule has 1 aliphatic rings. The molecule has 1 heterocycles. The van der Waals surface area contributed by atoms with Crippen LogP contribution in [-0.2, 0) is 4.79 Å². The predicted molar refractivity (Wildman–Crippen MR) is 103 cm³/mol. The van der Waals surface area contributed by atoms with Gasteiger partial charge in [0.15, 0.2) is 0 Å². The Balaban J connectivity index is 1.97. The molecule has 26 heavy (non-hydrogen) atoms. The Morgan fingerprint density at radius 2 is 1.58 bits per heavy atom. The minimum absolute atomic E-state index is 0.273. The molecule has 0 radical (unpaired) electrons. The highest BCUT2D eigenvalue weighted by Gasteiger charge is 2.34. The Morgan fingerprint density at radius 3 is 2.15 bits per heavy atom. The quantitative estimate of drug-likeness (QED) is 0.805. The molecular weight excluding hydrogens is 373 g/mol. The van der Waals surface area contributed by atoms with Crippen LogP contribution in [0.3, 0.4) is 0 Å². The summed E-state index contributed by atoms with van der Waals surface area (Å²) in [5.41, 5.74) is 2.44. The minimum atomic E-state index is -0.566. The van der Waals surface area contributed by atoms with Crippen LogP contribution in [0.2, 0.25) is 10.0 Å². The van der Waals surface area contributed by atoms with Crippen molar-refractivity contribution in [3.05, 3.63) is 75.4 Å². The van der Waals surface area contributed by atoms with E-state index in [2.05, 4.69) is 10.6 Å². The van der Waals surface area contributed by atoms with Crippen molar-refractivity contribution < 1.29 is 9.59 Å². The Bertz CT molecular complexity index is 877. The van der Waals surface area contributed by atoms with E-state index in [0.717, 1.165) is 5.56 Å². The molecule has 0 spiro atoms. The molecule has 7 heteroatoms. The topological polar surface area (TPSA) is 61.4 Å². The average Bonchev–Trinajstić information content (AvgIpc) is 2.62. The summed E-state index contributed by atoms with van der Waals surface area (Å²) in [6.45, 7) is 1.75. The normalized spacial score (nSPS) is 17.2. The molecule has 1 aliphatic heterocycles. The van der Waals surface area contributed by atoms with Gasteiger partial charge in [-0.15, -0.1) is 0 Å². The van der Waals surface area contributed by atoms with Crippen LogP contribution in [-0.4, -0.2) is 23.9 Å². The first-order chi connectivity index (χ1) is 12.4. The molecule has 1 unspecified atom stereocenters. The van der Waals surface area contributed by atoms with Gasteiger partial charge in [-0.2, -0.15) is 0 Å². The maximum Gasteiger partial charge on any atom is 0.322 e. The second-order valence-electron chi connectivity index (χ2n) is 5.95. The van der Waals surface area contributed by atoms with Gasteiger partial charge in [0, 0.05) is 28.5 Å². The minimum Gasteiger partial charge on any atom is -0.327 e. The van der Waals surface area contributed by atoms with Crippen LogP contribution in [0.5, 0.6) is 0 Å². The third-order valence-corrected chi connectivity index (χ3v) is 4.81. The molecule has 5 nitrogen and oxygen atoms in total. The number of carbonyl (C=O) groups is 2. The first-order valence-corrected chi connectivity index (χ1v) is 8.70. The van der Waals surface area contributed by atoms with Crippen LogP contribution in [0.25, 0.3) is 0 Å². The first kappa shape index (κ1) is 18.3. The lowest BCUT2D eigenvalue weighted by Gasteiger charge is -2.33. The van der Waals surface area contributed by atoms with Gasteiger partial charge in [0.25, 0.3) is 5.91 Å². The van der Waals surface area contributed by atoms with Crippen molar-refractivity contribution in [3.63, 3.8) is 0 Å². The van der Waals surface area contributed by atoms with E-state index in [1.807, 2.05) is 0 Å². The van der Waals surface area contributed by atoms with Crippen LogP contribution in [0.4, 0.5) is 10.5 Å². The number of rotatable bonds is 3. The summed E-state index contributed by atoms with van der Waals surface area (Å²) < 4.78 is 0. The molecule has 0 saturated heterocycles. The van der Waals surface area contributed by atoms with Crippen LogP contribution >= 0.6 is 23.2 Å². The fourth-order valence-corrected chi connectivity index (χ4v) is 3.02. The smallest absolute Gasteiger partial charge is 0.322 e. The molecular formula is C19H17Cl2N3O2. The number of amides is 3. The molecule has 3 rings (SSSR count). The number of anilines is 1. The molecule has 0 bridgehead atoms. The van der Waals surface area contributed by atoms with E-state index in [4.69, 9.17) is 23.2 Å². The number of halogens is 2. The van der Waals surface area contributed by atoms with E-state index < -0.39 is 6.04 Å². The largest absolute Gasteiger partial charge is 0.327 e. The van der Waals surface area contributed by atoms with Crippen LogP contribution in [0, 0.1) is 0 Å². The molecule has 2 aromatic rings. The Kier molecular flexibility index (Phi) is 5.20. The summed E-state index contributed by atoms with van der Waals surface area (Å²) in [6, 6.07) is 13.0. The number of urea groups is 1. The van der Waals surface area contributed by atoms with Gasteiger partial charge < -0.3 is 15.5 Å². The molecule has 2 N–H and O–H groups in total. The third-order valence-electron chi connectivity index (χ3n) is 4.30. The number of carbonyl (C=O) groups excluding carboxylic acids is 2. The van der Waals surface area contributed by atoms with Crippen molar-refractivity contribution in [1.29, 1.82) is 0 Å². The van der Waals surface area contributed by atoms with Gasteiger partial charge in [-0.3, -0.25) is 4.79 Å². The van der Waals surface area contributed by atoms with Gasteiger partial charge in [0.05, 0.1) is 11.6 Å².